The van der Waals surface area contributed by atoms with Crippen LogP contribution in [0.3, 0.4) is 0 Å². The monoisotopic (exact) mass is 410 g/mol. The van der Waals surface area contributed by atoms with E-state index in [0.717, 1.165) is 12.1 Å². The predicted octanol–water partition coefficient (Wildman–Crippen LogP) is 3.08. The van der Waals surface area contributed by atoms with Crippen LogP contribution in [0.15, 0.2) is 41.8 Å². The molecule has 0 aliphatic rings. The molecule has 2 heterocycles. The molecule has 2 aromatic heterocycles. The van der Waals surface area contributed by atoms with E-state index in [1.54, 1.807) is 11.4 Å². The Balaban J connectivity index is 1.72. The number of nitrogens with one attached hydrogen (secondary N) is 2. The summed E-state index contributed by atoms with van der Waals surface area (Å²) in [7, 11) is 0. The summed E-state index contributed by atoms with van der Waals surface area (Å²) in [6.45, 7) is -0.0779. The lowest BCUT2D eigenvalue weighted by molar-refractivity contribution is -0.137. The van der Waals surface area contributed by atoms with Gasteiger partial charge in [-0.2, -0.15) is 13.2 Å². The topological polar surface area (TPSA) is 104 Å². The van der Waals surface area contributed by atoms with E-state index in [1.807, 2.05) is 0 Å². The molecule has 1 atom stereocenters. The van der Waals surface area contributed by atoms with Crippen LogP contribution < -0.4 is 11.1 Å². The first-order chi connectivity index (χ1) is 13.3. The highest BCUT2D eigenvalue weighted by Gasteiger charge is 2.30. The molecule has 3 rings (SSSR count). The number of hydrogen-bond acceptors (Lipinski definition) is 5. The largest absolute Gasteiger partial charge is 0.416 e. The van der Waals surface area contributed by atoms with E-state index in [0.29, 0.717) is 22.0 Å². The molecule has 3 aromatic rings. The Morgan fingerprint density at radius 3 is 2.54 bits per heavy atom. The van der Waals surface area contributed by atoms with Crippen molar-refractivity contribution in [3.8, 4) is 11.3 Å². The Hall–Kier alpha value is -2.69. The van der Waals surface area contributed by atoms with Crippen LogP contribution in [0, 0.1) is 0 Å². The number of carbonyl (C=O) groups is 1. The summed E-state index contributed by atoms with van der Waals surface area (Å²) in [6, 6.07) is 7.29. The Morgan fingerprint density at radius 1 is 1.25 bits per heavy atom. The molecule has 148 valence electrons. The van der Waals surface area contributed by atoms with Crippen molar-refractivity contribution < 1.29 is 23.1 Å². The van der Waals surface area contributed by atoms with Crippen molar-refractivity contribution in [2.45, 2.75) is 18.8 Å². The van der Waals surface area contributed by atoms with Crippen LogP contribution in [-0.2, 0) is 12.8 Å². The van der Waals surface area contributed by atoms with Crippen molar-refractivity contribution >= 4 is 17.2 Å². The predicted molar refractivity (Wildman–Crippen MR) is 98.5 cm³/mol. The Labute approximate surface area is 162 Å². The summed E-state index contributed by atoms with van der Waals surface area (Å²) in [4.78, 5) is 19.6. The number of aromatic nitrogens is 2. The number of H-pyrrole nitrogens is 1. The second-order valence-electron chi connectivity index (χ2n) is 5.96. The van der Waals surface area contributed by atoms with Gasteiger partial charge in [-0.3, -0.25) is 4.79 Å². The normalized spacial score (nSPS) is 12.8. The van der Waals surface area contributed by atoms with Crippen molar-refractivity contribution in [3.63, 3.8) is 0 Å². The summed E-state index contributed by atoms with van der Waals surface area (Å²) in [5.74, 6) is -0.422. The van der Waals surface area contributed by atoms with Gasteiger partial charge in [0.25, 0.3) is 5.91 Å². The molecule has 0 saturated carbocycles. The van der Waals surface area contributed by atoms with Crippen molar-refractivity contribution in [1.82, 2.24) is 15.3 Å². The zero-order valence-corrected chi connectivity index (χ0v) is 15.3. The fourth-order valence-corrected chi connectivity index (χ4v) is 3.42. The Kier molecular flexibility index (Phi) is 5.82. The number of aliphatic hydroxyl groups is 1. The molecule has 6 nitrogen and oxygen atoms in total. The summed E-state index contributed by atoms with van der Waals surface area (Å²) in [5, 5.41) is 14.1. The molecule has 0 aliphatic heterocycles. The van der Waals surface area contributed by atoms with Gasteiger partial charge in [-0.15, -0.1) is 11.3 Å². The number of amides is 1. The zero-order chi connectivity index (χ0) is 20.3. The average Bonchev–Trinajstić information content (AvgIpc) is 3.35. The number of nitrogens with zero attached hydrogens (tertiary/aromatic N) is 1. The zero-order valence-electron chi connectivity index (χ0n) is 14.5. The van der Waals surface area contributed by atoms with Crippen molar-refractivity contribution in [1.29, 1.82) is 0 Å². The Morgan fingerprint density at radius 2 is 1.96 bits per heavy atom. The van der Waals surface area contributed by atoms with Crippen molar-refractivity contribution in [2.24, 2.45) is 5.73 Å². The molecule has 0 aliphatic carbocycles. The van der Waals surface area contributed by atoms with Crippen molar-refractivity contribution in [2.75, 3.05) is 6.54 Å². The summed E-state index contributed by atoms with van der Waals surface area (Å²) < 4.78 is 38.0. The van der Waals surface area contributed by atoms with Crippen LogP contribution in [0.1, 0.15) is 32.8 Å². The molecular weight excluding hydrogens is 393 g/mol. The van der Waals surface area contributed by atoms with Gasteiger partial charge in [0.1, 0.15) is 10.7 Å². The van der Waals surface area contributed by atoms with Crippen LogP contribution in [0.25, 0.3) is 11.3 Å². The molecule has 28 heavy (non-hydrogen) atoms. The second kappa shape index (κ2) is 8.13. The average molecular weight is 410 g/mol. The maximum atomic E-state index is 12.7. The van der Waals surface area contributed by atoms with Crippen molar-refractivity contribution in [3.05, 3.63) is 63.7 Å². The fourth-order valence-electron chi connectivity index (χ4n) is 2.55. The maximum absolute atomic E-state index is 12.7. The van der Waals surface area contributed by atoms with E-state index in [1.165, 1.54) is 29.5 Å². The van der Waals surface area contributed by atoms with E-state index in [-0.39, 0.29) is 18.8 Å². The quantitative estimate of drug-likeness (QED) is 0.501. The van der Waals surface area contributed by atoms with Crippen LogP contribution in [0.4, 0.5) is 13.2 Å². The first-order valence-corrected chi connectivity index (χ1v) is 9.12. The SMILES string of the molecule is NCC(NC(=O)c1ccc(-c2ccc(C(F)(F)F)cc2)[nH]1)c1nc(CO)cs1. The minimum absolute atomic E-state index is 0.122. The number of thiazole rings is 1. The number of rotatable bonds is 6. The summed E-state index contributed by atoms with van der Waals surface area (Å²) in [5.41, 5.74) is 6.75. The molecule has 1 amide bonds. The lowest BCUT2D eigenvalue weighted by Gasteiger charge is -2.13. The van der Waals surface area contributed by atoms with E-state index in [9.17, 15) is 18.0 Å². The minimum atomic E-state index is -4.40. The maximum Gasteiger partial charge on any atom is 0.416 e. The number of benzene rings is 1. The van der Waals surface area contributed by atoms with Gasteiger partial charge in [-0.25, -0.2) is 4.98 Å². The Bertz CT molecular complexity index is 950. The third kappa shape index (κ3) is 4.41. The number of alkyl halides is 3. The van der Waals surface area contributed by atoms with Crippen LogP contribution in [0.2, 0.25) is 0 Å². The molecular formula is C18H17F3N4O2S. The highest BCUT2D eigenvalue weighted by Crippen LogP contribution is 2.30. The second-order valence-corrected chi connectivity index (χ2v) is 6.85. The standard InChI is InChI=1S/C18H17F3N4O2S/c19-18(20,21)11-3-1-10(2-4-11)13-5-6-14(24-13)16(27)25-15(7-22)17-23-12(8-26)9-28-17/h1-6,9,15,24,26H,7-8,22H2,(H,25,27). The van der Waals surface area contributed by atoms with Gasteiger partial charge in [0, 0.05) is 17.6 Å². The lowest BCUT2D eigenvalue weighted by Crippen LogP contribution is -2.33. The number of halogens is 3. The van der Waals surface area contributed by atoms with Gasteiger partial charge in [0.05, 0.1) is 23.9 Å². The van der Waals surface area contributed by atoms with Gasteiger partial charge < -0.3 is 21.1 Å². The number of nitrogens with two attached hydrogens (primary N) is 1. The molecule has 0 radical (unpaired) electrons. The smallest absolute Gasteiger partial charge is 0.390 e. The van der Waals surface area contributed by atoms with Gasteiger partial charge in [0.15, 0.2) is 0 Å². The molecule has 0 spiro atoms. The van der Waals surface area contributed by atoms with Crippen LogP contribution >= 0.6 is 11.3 Å². The van der Waals surface area contributed by atoms with E-state index < -0.39 is 23.7 Å². The third-order valence-corrected chi connectivity index (χ3v) is 5.03. The molecule has 10 heteroatoms. The first-order valence-electron chi connectivity index (χ1n) is 8.24. The van der Waals surface area contributed by atoms with E-state index >= 15 is 0 Å². The highest BCUT2D eigenvalue weighted by atomic mass is 32.1. The van der Waals surface area contributed by atoms with Gasteiger partial charge in [-0.05, 0) is 29.8 Å². The van der Waals surface area contributed by atoms with Gasteiger partial charge >= 0.3 is 6.18 Å². The first kappa shape index (κ1) is 20.1. The lowest BCUT2D eigenvalue weighted by atomic mass is 10.1. The number of aromatic amines is 1. The molecule has 1 aromatic carbocycles. The summed E-state index contributed by atoms with van der Waals surface area (Å²) in [6.07, 6.45) is -4.40. The van der Waals surface area contributed by atoms with Gasteiger partial charge in [0.2, 0.25) is 0 Å². The van der Waals surface area contributed by atoms with Gasteiger partial charge in [-0.1, -0.05) is 12.1 Å². The van der Waals surface area contributed by atoms with E-state index in [2.05, 4.69) is 15.3 Å². The molecule has 5 N–H and O–H groups in total. The third-order valence-electron chi connectivity index (χ3n) is 4.02. The molecule has 0 fully saturated rings. The number of carbonyl (C=O) groups excluding carboxylic acids is 1. The molecule has 0 bridgehead atoms. The van der Waals surface area contributed by atoms with E-state index in [4.69, 9.17) is 10.8 Å². The number of aliphatic hydroxyl groups excluding tert-OH is 1. The molecule has 1 unspecified atom stereocenters. The summed E-state index contributed by atoms with van der Waals surface area (Å²) >= 11 is 1.28. The van der Waals surface area contributed by atoms with Crippen LogP contribution in [-0.4, -0.2) is 27.5 Å². The molecule has 0 saturated heterocycles. The fraction of sp³-hybridized carbons (Fsp3) is 0.222. The number of hydrogen-bond donors (Lipinski definition) is 4. The van der Waals surface area contributed by atoms with Crippen LogP contribution in [0.5, 0.6) is 0 Å². The minimum Gasteiger partial charge on any atom is -0.390 e. The highest BCUT2D eigenvalue weighted by molar-refractivity contribution is 7.09.